The highest BCUT2D eigenvalue weighted by atomic mass is 32.2. The van der Waals surface area contributed by atoms with E-state index in [2.05, 4.69) is 12.2 Å². The molecule has 0 radical (unpaired) electrons. The first-order chi connectivity index (χ1) is 9.28. The van der Waals surface area contributed by atoms with Crippen LogP contribution >= 0.6 is 11.8 Å². The van der Waals surface area contributed by atoms with Crippen LogP contribution in [0.15, 0.2) is 42.5 Å². The molecular weight excluding hydrogens is 256 g/mol. The van der Waals surface area contributed by atoms with Gasteiger partial charge in [-0.15, -0.1) is 0 Å². The Morgan fingerprint density at radius 2 is 2.21 bits per heavy atom. The molecular formula is C16H16O2S. The molecule has 2 nitrogen and oxygen atoms in total. The quantitative estimate of drug-likeness (QED) is 0.625. The molecule has 2 saturated heterocycles. The third-order valence-electron chi connectivity index (χ3n) is 4.55. The zero-order valence-electron chi connectivity index (χ0n) is 10.6. The van der Waals surface area contributed by atoms with E-state index in [9.17, 15) is 4.79 Å². The Labute approximate surface area is 117 Å². The predicted molar refractivity (Wildman–Crippen MR) is 76.5 cm³/mol. The fourth-order valence-electron chi connectivity index (χ4n) is 3.56. The van der Waals surface area contributed by atoms with Crippen LogP contribution in [0.1, 0.15) is 23.2 Å². The monoisotopic (exact) mass is 272 g/mol. The number of ketones is 1. The van der Waals surface area contributed by atoms with Crippen LogP contribution in [0.3, 0.4) is 0 Å². The van der Waals surface area contributed by atoms with Crippen LogP contribution < -0.4 is 0 Å². The van der Waals surface area contributed by atoms with Crippen molar-refractivity contribution in [3.8, 4) is 0 Å². The molecule has 2 fully saturated rings. The molecule has 0 saturated carbocycles. The highest BCUT2D eigenvalue weighted by Crippen LogP contribution is 2.55. The summed E-state index contributed by atoms with van der Waals surface area (Å²) in [5, 5.41) is 0.286. The molecule has 0 amide bonds. The van der Waals surface area contributed by atoms with E-state index in [4.69, 9.17) is 4.74 Å². The van der Waals surface area contributed by atoms with E-state index in [0.29, 0.717) is 18.4 Å². The molecule has 1 spiro atoms. The first kappa shape index (κ1) is 11.7. The smallest absolute Gasteiger partial charge is 0.164 e. The zero-order valence-corrected chi connectivity index (χ0v) is 11.4. The average molecular weight is 272 g/mol. The maximum absolute atomic E-state index is 12.4. The van der Waals surface area contributed by atoms with Gasteiger partial charge in [0.1, 0.15) is 5.60 Å². The molecule has 0 aromatic heterocycles. The molecule has 2 bridgehead atoms. The van der Waals surface area contributed by atoms with Crippen LogP contribution in [-0.4, -0.2) is 28.5 Å². The van der Waals surface area contributed by atoms with Crippen molar-refractivity contribution in [2.45, 2.75) is 29.8 Å². The lowest BCUT2D eigenvalue weighted by atomic mass is 9.80. The van der Waals surface area contributed by atoms with Gasteiger partial charge >= 0.3 is 0 Å². The third-order valence-corrected chi connectivity index (χ3v) is 6.08. The van der Waals surface area contributed by atoms with Crippen molar-refractivity contribution in [1.29, 1.82) is 0 Å². The number of rotatable bonds is 3. The summed E-state index contributed by atoms with van der Waals surface area (Å²) in [4.78, 5) is 12.4. The van der Waals surface area contributed by atoms with Gasteiger partial charge in [-0.1, -0.05) is 42.5 Å². The zero-order chi connectivity index (χ0) is 12.9. The normalized spacial score (nSPS) is 38.6. The fraction of sp³-hybridized carbons (Fsp3) is 0.438. The Morgan fingerprint density at radius 3 is 3.00 bits per heavy atom. The maximum atomic E-state index is 12.4. The number of hydrogen-bond acceptors (Lipinski definition) is 3. The Bertz CT molecular complexity index is 539. The summed E-state index contributed by atoms with van der Waals surface area (Å²) in [7, 11) is 0. The number of carbonyl (C=O) groups is 1. The Balaban J connectivity index is 1.55. The number of ether oxygens (including phenoxy) is 1. The predicted octanol–water partition coefficient (Wildman–Crippen LogP) is 3.09. The lowest BCUT2D eigenvalue weighted by molar-refractivity contribution is 0.0184. The second-order valence-electron chi connectivity index (χ2n) is 5.62. The minimum absolute atomic E-state index is 0.139. The number of fused-ring (bicyclic) bond motifs is 1. The maximum Gasteiger partial charge on any atom is 0.164 e. The summed E-state index contributed by atoms with van der Waals surface area (Å²) in [6.07, 6.45) is 6.44. The van der Waals surface area contributed by atoms with Crippen molar-refractivity contribution in [3.63, 3.8) is 0 Å². The van der Waals surface area contributed by atoms with Gasteiger partial charge in [-0.05, 0) is 12.2 Å². The molecule has 1 aromatic rings. The molecule has 4 atom stereocenters. The summed E-state index contributed by atoms with van der Waals surface area (Å²) in [5.74, 6) is 1.98. The van der Waals surface area contributed by atoms with E-state index in [1.807, 2.05) is 42.1 Å². The number of Topliss-reactive ketones (excluding diaryl/α,β-unsaturated/α-hetero) is 1. The molecule has 3 aliphatic rings. The summed E-state index contributed by atoms with van der Waals surface area (Å²) in [6, 6.07) is 9.60. The van der Waals surface area contributed by atoms with Gasteiger partial charge in [0.25, 0.3) is 0 Å². The van der Waals surface area contributed by atoms with Crippen molar-refractivity contribution < 1.29 is 9.53 Å². The first-order valence-electron chi connectivity index (χ1n) is 6.85. The molecule has 3 heteroatoms. The molecule has 3 heterocycles. The van der Waals surface area contributed by atoms with Crippen LogP contribution in [-0.2, 0) is 4.74 Å². The number of hydrogen-bond donors (Lipinski definition) is 0. The van der Waals surface area contributed by atoms with Gasteiger partial charge in [0, 0.05) is 23.2 Å². The molecule has 98 valence electrons. The van der Waals surface area contributed by atoms with Crippen molar-refractivity contribution >= 4 is 17.5 Å². The SMILES string of the molecule is O=C(C[C@@H]1SC[C@@H]2C[C@H]3C=C[C@]21O3)c1ccccc1. The van der Waals surface area contributed by atoms with E-state index in [-0.39, 0.29) is 16.6 Å². The Hall–Kier alpha value is -1.06. The molecule has 1 aromatic carbocycles. The number of benzene rings is 1. The van der Waals surface area contributed by atoms with Gasteiger partial charge in [-0.25, -0.2) is 0 Å². The van der Waals surface area contributed by atoms with Gasteiger partial charge < -0.3 is 4.74 Å². The van der Waals surface area contributed by atoms with Crippen molar-refractivity contribution in [1.82, 2.24) is 0 Å². The minimum Gasteiger partial charge on any atom is -0.362 e. The van der Waals surface area contributed by atoms with Crippen LogP contribution in [0, 0.1) is 5.92 Å². The van der Waals surface area contributed by atoms with Gasteiger partial charge in [-0.3, -0.25) is 4.79 Å². The van der Waals surface area contributed by atoms with E-state index < -0.39 is 0 Å². The highest BCUT2D eigenvalue weighted by Gasteiger charge is 2.58. The van der Waals surface area contributed by atoms with Crippen LogP contribution in [0.25, 0.3) is 0 Å². The Morgan fingerprint density at radius 1 is 1.37 bits per heavy atom. The van der Waals surface area contributed by atoms with Crippen LogP contribution in [0.4, 0.5) is 0 Å². The summed E-state index contributed by atoms with van der Waals surface area (Å²) in [5.41, 5.74) is 0.680. The van der Waals surface area contributed by atoms with E-state index >= 15 is 0 Å². The van der Waals surface area contributed by atoms with E-state index in [0.717, 1.165) is 17.7 Å². The fourth-order valence-corrected chi connectivity index (χ4v) is 5.28. The molecule has 19 heavy (non-hydrogen) atoms. The summed E-state index contributed by atoms with van der Waals surface area (Å²) >= 11 is 1.91. The summed E-state index contributed by atoms with van der Waals surface area (Å²) < 4.78 is 6.15. The second kappa shape index (κ2) is 4.22. The van der Waals surface area contributed by atoms with E-state index in [1.54, 1.807) is 0 Å². The topological polar surface area (TPSA) is 26.3 Å². The standard InChI is InChI=1S/C16H16O2S/c17-14(11-4-2-1-3-5-11)9-15-16-7-6-13(18-16)8-12(16)10-19-15/h1-7,12-13,15H,8-10H2/t12-,13+,15-,16-/m0/s1. The van der Waals surface area contributed by atoms with Gasteiger partial charge in [0.05, 0.1) is 6.10 Å². The summed E-state index contributed by atoms with van der Waals surface area (Å²) in [6.45, 7) is 0. The average Bonchev–Trinajstić information content (AvgIpc) is 3.11. The van der Waals surface area contributed by atoms with Crippen molar-refractivity contribution in [3.05, 3.63) is 48.0 Å². The number of thioether (sulfide) groups is 1. The largest absolute Gasteiger partial charge is 0.362 e. The van der Waals surface area contributed by atoms with Crippen LogP contribution in [0.5, 0.6) is 0 Å². The minimum atomic E-state index is -0.139. The highest BCUT2D eigenvalue weighted by molar-refractivity contribution is 8.00. The lowest BCUT2D eigenvalue weighted by Crippen LogP contribution is -2.39. The molecule has 3 aliphatic heterocycles. The van der Waals surface area contributed by atoms with Gasteiger partial charge in [0.15, 0.2) is 5.78 Å². The number of carbonyl (C=O) groups excluding carboxylic acids is 1. The molecule has 4 rings (SSSR count). The van der Waals surface area contributed by atoms with Gasteiger partial charge in [0.2, 0.25) is 0 Å². The molecule has 0 unspecified atom stereocenters. The Kier molecular flexibility index (Phi) is 2.61. The second-order valence-corrected chi connectivity index (χ2v) is 6.85. The van der Waals surface area contributed by atoms with Crippen LogP contribution in [0.2, 0.25) is 0 Å². The third kappa shape index (κ3) is 1.72. The van der Waals surface area contributed by atoms with E-state index in [1.165, 1.54) is 0 Å². The first-order valence-corrected chi connectivity index (χ1v) is 7.90. The van der Waals surface area contributed by atoms with Crippen molar-refractivity contribution in [2.75, 3.05) is 5.75 Å². The molecule has 0 aliphatic carbocycles. The molecule has 0 N–H and O–H groups in total. The van der Waals surface area contributed by atoms with Crippen molar-refractivity contribution in [2.24, 2.45) is 5.92 Å². The lowest BCUT2D eigenvalue weighted by Gasteiger charge is -2.28. The van der Waals surface area contributed by atoms with Gasteiger partial charge in [-0.2, -0.15) is 11.8 Å².